The molecule has 1 aromatic carbocycles. The summed E-state index contributed by atoms with van der Waals surface area (Å²) >= 11 is 0. The first-order valence-corrected chi connectivity index (χ1v) is 8.28. The van der Waals surface area contributed by atoms with Crippen LogP contribution in [0.5, 0.6) is 5.75 Å². The molecule has 0 fully saturated rings. The molecule has 0 N–H and O–H groups in total. The van der Waals surface area contributed by atoms with Crippen molar-refractivity contribution in [1.82, 2.24) is 25.1 Å². The lowest BCUT2D eigenvalue weighted by Gasteiger charge is -2.24. The molecule has 26 heavy (non-hydrogen) atoms. The molecule has 0 amide bonds. The summed E-state index contributed by atoms with van der Waals surface area (Å²) in [5, 5.41) is 12.4. The van der Waals surface area contributed by atoms with E-state index in [0.29, 0.717) is 43.6 Å². The van der Waals surface area contributed by atoms with Crippen LogP contribution < -0.4 is 4.74 Å². The fraction of sp³-hybridized carbons (Fsp3) is 0.412. The molecule has 0 bridgehead atoms. The molecule has 1 aliphatic rings. The third-order valence-electron chi connectivity index (χ3n) is 4.29. The van der Waals surface area contributed by atoms with E-state index in [1.54, 1.807) is 14.2 Å². The summed E-state index contributed by atoms with van der Waals surface area (Å²) in [5.74, 6) is 1.74. The van der Waals surface area contributed by atoms with Crippen LogP contribution in [-0.4, -0.2) is 46.0 Å². The van der Waals surface area contributed by atoms with Crippen LogP contribution in [0.25, 0.3) is 11.6 Å². The van der Waals surface area contributed by atoms with Crippen LogP contribution in [0.3, 0.4) is 0 Å². The van der Waals surface area contributed by atoms with E-state index < -0.39 is 0 Å². The maximum absolute atomic E-state index is 6.00. The molecule has 0 radical (unpaired) electrons. The number of nitrogens with zero attached hydrogens (tertiary/aromatic N) is 5. The summed E-state index contributed by atoms with van der Waals surface area (Å²) in [7, 11) is 3.28. The molecule has 1 atom stereocenters. The van der Waals surface area contributed by atoms with Crippen molar-refractivity contribution in [2.75, 3.05) is 20.8 Å². The minimum atomic E-state index is -0.0945. The van der Waals surface area contributed by atoms with Gasteiger partial charge in [0.25, 0.3) is 5.89 Å². The Hall–Kier alpha value is -2.78. The molecule has 1 aliphatic heterocycles. The standard InChI is InChI=1S/C17H19N5O4/c1-23-8-7-15-18-17(26-20-15)16-13-10-25-14(9-22(13)21-19-16)11-3-5-12(24-2)6-4-11/h3-6,14H,7-10H2,1-2H3/t14-/m1/s1. The quantitative estimate of drug-likeness (QED) is 0.659. The van der Waals surface area contributed by atoms with Gasteiger partial charge in [-0.25, -0.2) is 4.68 Å². The van der Waals surface area contributed by atoms with Crippen molar-refractivity contribution in [3.05, 3.63) is 41.3 Å². The number of fused-ring (bicyclic) bond motifs is 1. The highest BCUT2D eigenvalue weighted by molar-refractivity contribution is 5.49. The van der Waals surface area contributed by atoms with Crippen LogP contribution in [-0.2, 0) is 29.0 Å². The molecular weight excluding hydrogens is 338 g/mol. The number of aromatic nitrogens is 5. The van der Waals surface area contributed by atoms with E-state index in [4.69, 9.17) is 18.7 Å². The topological polar surface area (TPSA) is 97.3 Å². The van der Waals surface area contributed by atoms with Gasteiger partial charge >= 0.3 is 0 Å². The van der Waals surface area contributed by atoms with Gasteiger partial charge in [-0.05, 0) is 17.7 Å². The molecule has 2 aromatic heterocycles. The molecule has 9 heteroatoms. The summed E-state index contributed by atoms with van der Waals surface area (Å²) in [6, 6.07) is 7.82. The minimum absolute atomic E-state index is 0.0945. The summed E-state index contributed by atoms with van der Waals surface area (Å²) in [4.78, 5) is 4.35. The van der Waals surface area contributed by atoms with Gasteiger partial charge in [0.1, 0.15) is 11.9 Å². The zero-order valence-electron chi connectivity index (χ0n) is 14.6. The zero-order valence-corrected chi connectivity index (χ0v) is 14.6. The van der Waals surface area contributed by atoms with Crippen molar-refractivity contribution < 1.29 is 18.7 Å². The van der Waals surface area contributed by atoms with E-state index in [9.17, 15) is 0 Å². The molecule has 136 valence electrons. The predicted molar refractivity (Wildman–Crippen MR) is 89.4 cm³/mol. The van der Waals surface area contributed by atoms with Crippen molar-refractivity contribution in [1.29, 1.82) is 0 Å². The van der Waals surface area contributed by atoms with Crippen molar-refractivity contribution in [2.45, 2.75) is 25.7 Å². The largest absolute Gasteiger partial charge is 0.497 e. The highest BCUT2D eigenvalue weighted by atomic mass is 16.5. The predicted octanol–water partition coefficient (Wildman–Crippen LogP) is 1.80. The first kappa shape index (κ1) is 16.7. The maximum Gasteiger partial charge on any atom is 0.280 e. The van der Waals surface area contributed by atoms with E-state index >= 15 is 0 Å². The van der Waals surface area contributed by atoms with Crippen LogP contribution >= 0.6 is 0 Å². The lowest BCUT2D eigenvalue weighted by atomic mass is 10.1. The van der Waals surface area contributed by atoms with Gasteiger partial charge in [-0.2, -0.15) is 4.98 Å². The van der Waals surface area contributed by atoms with E-state index in [-0.39, 0.29) is 6.10 Å². The lowest BCUT2D eigenvalue weighted by molar-refractivity contribution is -0.00119. The average molecular weight is 357 g/mol. The van der Waals surface area contributed by atoms with Crippen molar-refractivity contribution in [3.8, 4) is 17.3 Å². The molecule has 0 aliphatic carbocycles. The van der Waals surface area contributed by atoms with Gasteiger partial charge in [-0.3, -0.25) is 0 Å². The van der Waals surface area contributed by atoms with Crippen LogP contribution in [0.2, 0.25) is 0 Å². The second-order valence-electron chi connectivity index (χ2n) is 5.90. The SMILES string of the molecule is COCCc1noc(-c2nnn3c2CO[C@@H](c2ccc(OC)cc2)C3)n1. The van der Waals surface area contributed by atoms with Crippen LogP contribution in [0.4, 0.5) is 0 Å². The monoisotopic (exact) mass is 357 g/mol. The Bertz CT molecular complexity index is 874. The Balaban J connectivity index is 1.52. The summed E-state index contributed by atoms with van der Waals surface area (Å²) in [5.41, 5.74) is 2.46. The fourth-order valence-electron chi connectivity index (χ4n) is 2.84. The fourth-order valence-corrected chi connectivity index (χ4v) is 2.84. The first-order chi connectivity index (χ1) is 12.8. The second kappa shape index (κ2) is 7.22. The minimum Gasteiger partial charge on any atom is -0.497 e. The van der Waals surface area contributed by atoms with Crippen molar-refractivity contribution in [2.24, 2.45) is 0 Å². The molecule has 0 saturated heterocycles. The van der Waals surface area contributed by atoms with Crippen LogP contribution in [0, 0.1) is 0 Å². The molecule has 0 unspecified atom stereocenters. The highest BCUT2D eigenvalue weighted by Crippen LogP contribution is 2.30. The van der Waals surface area contributed by atoms with Gasteiger partial charge in [-0.15, -0.1) is 5.10 Å². The van der Waals surface area contributed by atoms with Crippen molar-refractivity contribution >= 4 is 0 Å². The Morgan fingerprint density at radius 3 is 2.85 bits per heavy atom. The zero-order chi connectivity index (χ0) is 17.9. The second-order valence-corrected chi connectivity index (χ2v) is 5.90. The summed E-state index contributed by atoms with van der Waals surface area (Å²) < 4.78 is 23.4. The van der Waals surface area contributed by atoms with Crippen molar-refractivity contribution in [3.63, 3.8) is 0 Å². The highest BCUT2D eigenvalue weighted by Gasteiger charge is 2.27. The number of methoxy groups -OCH3 is 2. The summed E-state index contributed by atoms with van der Waals surface area (Å²) in [6.45, 7) is 1.47. The third kappa shape index (κ3) is 3.18. The van der Waals surface area contributed by atoms with Gasteiger partial charge in [0.05, 0.1) is 32.6 Å². The van der Waals surface area contributed by atoms with Gasteiger partial charge in [0.2, 0.25) is 0 Å². The van der Waals surface area contributed by atoms with Gasteiger partial charge in [0, 0.05) is 13.5 Å². The molecule has 4 rings (SSSR count). The molecule has 3 heterocycles. The first-order valence-electron chi connectivity index (χ1n) is 8.28. The number of ether oxygens (including phenoxy) is 3. The Morgan fingerprint density at radius 2 is 2.08 bits per heavy atom. The molecule has 9 nitrogen and oxygen atoms in total. The molecule has 0 saturated carbocycles. The third-order valence-corrected chi connectivity index (χ3v) is 4.29. The summed E-state index contributed by atoms with van der Waals surface area (Å²) in [6.07, 6.45) is 0.488. The van der Waals surface area contributed by atoms with Crippen LogP contribution in [0.15, 0.2) is 28.8 Å². The van der Waals surface area contributed by atoms with Gasteiger partial charge in [-0.1, -0.05) is 22.5 Å². The number of hydrogen-bond donors (Lipinski definition) is 0. The molecule has 0 spiro atoms. The lowest BCUT2D eigenvalue weighted by Crippen LogP contribution is -2.22. The maximum atomic E-state index is 6.00. The Kier molecular flexibility index (Phi) is 4.63. The molecule has 3 aromatic rings. The Labute approximate surface area is 149 Å². The van der Waals surface area contributed by atoms with Gasteiger partial charge < -0.3 is 18.7 Å². The van der Waals surface area contributed by atoms with E-state index in [1.165, 1.54) is 0 Å². The van der Waals surface area contributed by atoms with Crippen LogP contribution in [0.1, 0.15) is 23.2 Å². The number of hydrogen-bond acceptors (Lipinski definition) is 8. The normalized spacial score (nSPS) is 16.5. The smallest absolute Gasteiger partial charge is 0.280 e. The van der Waals surface area contributed by atoms with Gasteiger partial charge in [0.15, 0.2) is 11.5 Å². The molecular formula is C17H19N5O4. The van der Waals surface area contributed by atoms with E-state index in [1.807, 2.05) is 28.9 Å². The van der Waals surface area contributed by atoms with E-state index in [0.717, 1.165) is 17.0 Å². The average Bonchev–Trinajstić information content (AvgIpc) is 3.32. The number of benzene rings is 1. The number of rotatable bonds is 6. The van der Waals surface area contributed by atoms with E-state index in [2.05, 4.69) is 20.5 Å². The Morgan fingerprint density at radius 1 is 1.23 bits per heavy atom.